The number of nitrogen functional groups attached to an aromatic ring is 1. The molecule has 0 bridgehead atoms. The fourth-order valence-corrected chi connectivity index (χ4v) is 0.961. The van der Waals surface area contributed by atoms with Crippen molar-refractivity contribution in [2.75, 3.05) is 12.3 Å². The molecule has 5 heteroatoms. The van der Waals surface area contributed by atoms with E-state index >= 15 is 0 Å². The number of anilines is 1. The lowest BCUT2D eigenvalue weighted by molar-refractivity contribution is -0.121. The van der Waals surface area contributed by atoms with Crippen LogP contribution in [0.3, 0.4) is 0 Å². The summed E-state index contributed by atoms with van der Waals surface area (Å²) in [5, 5.41) is 2.72. The molecule has 1 rings (SSSR count). The van der Waals surface area contributed by atoms with E-state index in [2.05, 4.69) is 10.3 Å². The van der Waals surface area contributed by atoms with Gasteiger partial charge in [0.05, 0.1) is 0 Å². The molecule has 5 nitrogen and oxygen atoms in total. The van der Waals surface area contributed by atoms with Crippen LogP contribution < -0.4 is 16.8 Å². The molecule has 0 fully saturated rings. The first-order valence-corrected chi connectivity index (χ1v) is 4.39. The van der Waals surface area contributed by atoms with Gasteiger partial charge in [-0.2, -0.15) is 0 Å². The summed E-state index contributed by atoms with van der Waals surface area (Å²) in [6.07, 6.45) is 1.99. The number of carbonyl (C=O) groups is 1. The first kappa shape index (κ1) is 10.5. The summed E-state index contributed by atoms with van der Waals surface area (Å²) in [5.41, 5.74) is 11.6. The quantitative estimate of drug-likeness (QED) is 0.609. The third kappa shape index (κ3) is 3.40. The summed E-state index contributed by atoms with van der Waals surface area (Å²) in [7, 11) is 0. The van der Waals surface area contributed by atoms with Crippen LogP contribution in [0.2, 0.25) is 0 Å². The van der Waals surface area contributed by atoms with Crippen molar-refractivity contribution in [2.45, 2.75) is 13.0 Å². The van der Waals surface area contributed by atoms with Gasteiger partial charge in [-0.05, 0) is 11.6 Å². The van der Waals surface area contributed by atoms with Crippen LogP contribution in [0.15, 0.2) is 18.3 Å². The Labute approximate surface area is 82.5 Å². The average molecular weight is 194 g/mol. The molecular weight excluding hydrogens is 180 g/mol. The fourth-order valence-electron chi connectivity index (χ4n) is 0.961. The Kier molecular flexibility index (Phi) is 3.87. The molecule has 0 spiro atoms. The van der Waals surface area contributed by atoms with Crippen LogP contribution in [0.5, 0.6) is 0 Å². The van der Waals surface area contributed by atoms with Crippen LogP contribution in [0.25, 0.3) is 0 Å². The number of nitrogens with two attached hydrogens (primary N) is 2. The van der Waals surface area contributed by atoms with E-state index in [0.717, 1.165) is 5.56 Å². The van der Waals surface area contributed by atoms with Crippen molar-refractivity contribution in [3.05, 3.63) is 23.9 Å². The van der Waals surface area contributed by atoms with Crippen molar-refractivity contribution in [1.82, 2.24) is 10.3 Å². The van der Waals surface area contributed by atoms with Gasteiger partial charge in [-0.1, -0.05) is 6.07 Å². The topological polar surface area (TPSA) is 94.0 Å². The summed E-state index contributed by atoms with van der Waals surface area (Å²) in [5.74, 6) is 0.423. The Bertz CT molecular complexity index is 296. The smallest absolute Gasteiger partial charge is 0.221 e. The maximum Gasteiger partial charge on any atom is 0.221 e. The number of carbonyl (C=O) groups excluding carboxylic acids is 1. The van der Waals surface area contributed by atoms with Crippen molar-refractivity contribution in [3.8, 4) is 0 Å². The minimum absolute atomic E-state index is 0.0516. The zero-order valence-electron chi connectivity index (χ0n) is 7.86. The second-order valence-electron chi connectivity index (χ2n) is 2.91. The predicted octanol–water partition coefficient (Wildman–Crippen LogP) is -0.371. The van der Waals surface area contributed by atoms with Crippen LogP contribution in [0.4, 0.5) is 5.82 Å². The number of nitrogens with zero attached hydrogens (tertiary/aromatic N) is 1. The molecule has 0 aliphatic rings. The third-order valence-electron chi connectivity index (χ3n) is 1.71. The lowest BCUT2D eigenvalue weighted by Crippen LogP contribution is -2.25. The average Bonchev–Trinajstić information content (AvgIpc) is 2.17. The Morgan fingerprint density at radius 2 is 2.29 bits per heavy atom. The van der Waals surface area contributed by atoms with Crippen molar-refractivity contribution < 1.29 is 4.79 Å². The molecular formula is C9H14N4O. The maximum absolute atomic E-state index is 11.0. The summed E-state index contributed by atoms with van der Waals surface area (Å²) in [6, 6.07) is 3.52. The van der Waals surface area contributed by atoms with Crippen LogP contribution in [0.1, 0.15) is 12.0 Å². The summed E-state index contributed by atoms with van der Waals surface area (Å²) >= 11 is 0. The van der Waals surface area contributed by atoms with Gasteiger partial charge in [0.2, 0.25) is 5.91 Å². The Morgan fingerprint density at radius 3 is 2.86 bits per heavy atom. The molecule has 1 aromatic rings. The maximum atomic E-state index is 11.0. The van der Waals surface area contributed by atoms with Gasteiger partial charge in [-0.15, -0.1) is 0 Å². The number of rotatable bonds is 4. The molecule has 5 N–H and O–H groups in total. The SMILES string of the molecule is NCCC(=O)NCc1ccc(N)nc1. The molecule has 1 amide bonds. The van der Waals surface area contributed by atoms with Gasteiger partial charge in [-0.3, -0.25) is 4.79 Å². The van der Waals surface area contributed by atoms with Crippen molar-refractivity contribution in [2.24, 2.45) is 5.73 Å². The highest BCUT2D eigenvalue weighted by molar-refractivity contribution is 5.75. The van der Waals surface area contributed by atoms with E-state index in [4.69, 9.17) is 11.5 Å². The Morgan fingerprint density at radius 1 is 1.50 bits per heavy atom. The second-order valence-corrected chi connectivity index (χ2v) is 2.91. The van der Waals surface area contributed by atoms with E-state index in [9.17, 15) is 4.79 Å². The largest absolute Gasteiger partial charge is 0.384 e. The lowest BCUT2D eigenvalue weighted by atomic mass is 10.2. The van der Waals surface area contributed by atoms with Gasteiger partial charge < -0.3 is 16.8 Å². The highest BCUT2D eigenvalue weighted by Gasteiger charge is 1.99. The van der Waals surface area contributed by atoms with Crippen LogP contribution in [0, 0.1) is 0 Å². The van der Waals surface area contributed by atoms with Crippen LogP contribution >= 0.6 is 0 Å². The molecule has 0 saturated heterocycles. The minimum atomic E-state index is -0.0516. The van der Waals surface area contributed by atoms with Gasteiger partial charge >= 0.3 is 0 Å². The zero-order valence-corrected chi connectivity index (χ0v) is 7.86. The van der Waals surface area contributed by atoms with E-state index < -0.39 is 0 Å². The van der Waals surface area contributed by atoms with Crippen LogP contribution in [-0.4, -0.2) is 17.4 Å². The lowest BCUT2D eigenvalue weighted by Gasteiger charge is -2.03. The molecule has 14 heavy (non-hydrogen) atoms. The van der Waals surface area contributed by atoms with Crippen molar-refractivity contribution in [1.29, 1.82) is 0 Å². The fraction of sp³-hybridized carbons (Fsp3) is 0.333. The van der Waals surface area contributed by atoms with Gasteiger partial charge in [0.25, 0.3) is 0 Å². The number of aromatic nitrogens is 1. The van der Waals surface area contributed by atoms with E-state index in [0.29, 0.717) is 25.3 Å². The van der Waals surface area contributed by atoms with Gasteiger partial charge in [-0.25, -0.2) is 4.98 Å². The summed E-state index contributed by atoms with van der Waals surface area (Å²) in [4.78, 5) is 15.0. The molecule has 0 aliphatic carbocycles. The first-order valence-electron chi connectivity index (χ1n) is 4.39. The number of hydrogen-bond acceptors (Lipinski definition) is 4. The Balaban J connectivity index is 2.38. The number of hydrogen-bond donors (Lipinski definition) is 3. The molecule has 0 atom stereocenters. The van der Waals surface area contributed by atoms with Crippen molar-refractivity contribution >= 4 is 11.7 Å². The predicted molar refractivity (Wildman–Crippen MR) is 54.2 cm³/mol. The van der Waals surface area contributed by atoms with E-state index in [-0.39, 0.29) is 5.91 Å². The first-order chi connectivity index (χ1) is 6.72. The highest BCUT2D eigenvalue weighted by atomic mass is 16.1. The Hall–Kier alpha value is -1.62. The molecule has 0 aromatic carbocycles. The minimum Gasteiger partial charge on any atom is -0.384 e. The number of nitrogens with one attached hydrogen (secondary N) is 1. The normalized spacial score (nSPS) is 9.79. The zero-order chi connectivity index (χ0) is 10.4. The summed E-state index contributed by atoms with van der Waals surface area (Å²) < 4.78 is 0. The molecule has 1 aromatic heterocycles. The highest BCUT2D eigenvalue weighted by Crippen LogP contribution is 2.00. The molecule has 0 aliphatic heterocycles. The molecule has 1 heterocycles. The third-order valence-corrected chi connectivity index (χ3v) is 1.71. The van der Waals surface area contributed by atoms with Gasteiger partial charge in [0.1, 0.15) is 5.82 Å². The van der Waals surface area contributed by atoms with E-state index in [1.54, 1.807) is 12.3 Å². The van der Waals surface area contributed by atoms with Crippen LogP contribution in [-0.2, 0) is 11.3 Å². The second kappa shape index (κ2) is 5.18. The van der Waals surface area contributed by atoms with Crippen molar-refractivity contribution in [3.63, 3.8) is 0 Å². The van der Waals surface area contributed by atoms with E-state index in [1.165, 1.54) is 0 Å². The molecule has 0 radical (unpaired) electrons. The molecule has 0 saturated carbocycles. The number of amides is 1. The summed E-state index contributed by atoms with van der Waals surface area (Å²) in [6.45, 7) is 0.831. The van der Waals surface area contributed by atoms with E-state index in [1.807, 2.05) is 6.07 Å². The number of pyridine rings is 1. The van der Waals surface area contributed by atoms with Gasteiger partial charge in [0, 0.05) is 25.7 Å². The molecule has 76 valence electrons. The standard InChI is InChI=1S/C9H14N4O/c10-4-3-9(14)13-6-7-1-2-8(11)12-5-7/h1-2,5H,3-4,6,10H2,(H2,11,12)(H,13,14). The molecule has 0 unspecified atom stereocenters. The van der Waals surface area contributed by atoms with Gasteiger partial charge in [0.15, 0.2) is 0 Å². The monoisotopic (exact) mass is 194 g/mol.